The van der Waals surface area contributed by atoms with Crippen LogP contribution in [0.3, 0.4) is 0 Å². The van der Waals surface area contributed by atoms with Gasteiger partial charge in [-0.2, -0.15) is 0 Å². The molecular formula is C27H38N2O3S. The van der Waals surface area contributed by atoms with Gasteiger partial charge in [-0.3, -0.25) is 9.10 Å². The number of rotatable bonds is 8. The van der Waals surface area contributed by atoms with Crippen molar-refractivity contribution in [1.82, 2.24) is 5.32 Å². The van der Waals surface area contributed by atoms with Gasteiger partial charge < -0.3 is 5.32 Å². The van der Waals surface area contributed by atoms with E-state index in [0.717, 1.165) is 37.0 Å². The van der Waals surface area contributed by atoms with Crippen molar-refractivity contribution in [3.63, 3.8) is 0 Å². The summed E-state index contributed by atoms with van der Waals surface area (Å²) in [6.07, 6.45) is 17.1. The standard InChI is InChI=1S/C27H38N2O3S/c1-33(31,32)29(19-26(30)28-12-11-20-5-3-2-4-6-20)25-9-7-24(8-10-25)27-16-21-13-22(17-27)15-23(14-21)18-27/h5,7-10,21-23H,2-4,6,11-19H2,1H3,(H,28,30). The number of benzene rings is 1. The SMILES string of the molecule is CS(=O)(=O)N(CC(=O)NCCC1=CCCCC1)c1ccc(C23CC4CC(CC(C4)C2)C3)cc1. The molecule has 6 heteroatoms. The van der Waals surface area contributed by atoms with Crippen molar-refractivity contribution in [1.29, 1.82) is 0 Å². The van der Waals surface area contributed by atoms with Crippen LogP contribution >= 0.6 is 0 Å². The highest BCUT2D eigenvalue weighted by molar-refractivity contribution is 7.92. The third kappa shape index (κ3) is 5.01. The largest absolute Gasteiger partial charge is 0.354 e. The molecule has 6 rings (SSSR count). The van der Waals surface area contributed by atoms with Crippen molar-refractivity contribution < 1.29 is 13.2 Å². The van der Waals surface area contributed by atoms with Crippen LogP contribution in [0, 0.1) is 17.8 Å². The Morgan fingerprint density at radius 2 is 1.67 bits per heavy atom. The van der Waals surface area contributed by atoms with E-state index >= 15 is 0 Å². The Balaban J connectivity index is 1.25. The van der Waals surface area contributed by atoms with Gasteiger partial charge in [0.25, 0.3) is 0 Å². The molecule has 4 fully saturated rings. The topological polar surface area (TPSA) is 66.5 Å². The molecule has 0 unspecified atom stereocenters. The highest BCUT2D eigenvalue weighted by Crippen LogP contribution is 2.60. The summed E-state index contributed by atoms with van der Waals surface area (Å²) in [7, 11) is -3.56. The van der Waals surface area contributed by atoms with Crippen LogP contribution in [0.1, 0.15) is 76.2 Å². The average Bonchev–Trinajstić information content (AvgIpc) is 2.77. The Labute approximate surface area is 199 Å². The van der Waals surface area contributed by atoms with E-state index in [2.05, 4.69) is 23.5 Å². The molecule has 4 saturated carbocycles. The minimum absolute atomic E-state index is 0.172. The number of sulfonamides is 1. The first kappa shape index (κ1) is 22.9. The summed E-state index contributed by atoms with van der Waals surface area (Å²) >= 11 is 0. The first-order chi connectivity index (χ1) is 15.8. The average molecular weight is 471 g/mol. The summed E-state index contributed by atoms with van der Waals surface area (Å²) in [4.78, 5) is 12.6. The molecule has 0 saturated heterocycles. The van der Waals surface area contributed by atoms with Gasteiger partial charge >= 0.3 is 0 Å². The van der Waals surface area contributed by atoms with E-state index < -0.39 is 10.0 Å². The molecule has 33 heavy (non-hydrogen) atoms. The van der Waals surface area contributed by atoms with Gasteiger partial charge in [0.1, 0.15) is 6.54 Å². The molecule has 1 aromatic rings. The van der Waals surface area contributed by atoms with Crippen molar-refractivity contribution in [2.45, 2.75) is 76.0 Å². The van der Waals surface area contributed by atoms with Crippen molar-refractivity contribution in [2.75, 3.05) is 23.7 Å². The molecule has 1 N–H and O–H groups in total. The molecule has 5 aliphatic rings. The molecule has 0 atom stereocenters. The van der Waals surface area contributed by atoms with Gasteiger partial charge in [-0.1, -0.05) is 23.8 Å². The lowest BCUT2D eigenvalue weighted by Gasteiger charge is -2.57. The monoisotopic (exact) mass is 470 g/mol. The van der Waals surface area contributed by atoms with E-state index in [1.54, 1.807) is 0 Å². The van der Waals surface area contributed by atoms with Gasteiger partial charge in [-0.25, -0.2) is 8.42 Å². The first-order valence-electron chi connectivity index (χ1n) is 12.8. The van der Waals surface area contributed by atoms with Crippen LogP contribution in [0.2, 0.25) is 0 Å². The molecule has 0 radical (unpaired) electrons. The molecular weight excluding hydrogens is 432 g/mol. The Morgan fingerprint density at radius 1 is 1.03 bits per heavy atom. The normalized spacial score (nSPS) is 30.7. The maximum Gasteiger partial charge on any atom is 0.240 e. The Bertz CT molecular complexity index is 977. The molecule has 5 nitrogen and oxygen atoms in total. The highest BCUT2D eigenvalue weighted by atomic mass is 32.2. The third-order valence-corrected chi connectivity index (χ3v) is 9.79. The maximum absolute atomic E-state index is 12.6. The maximum atomic E-state index is 12.6. The van der Waals surface area contributed by atoms with Crippen LogP contribution in [0.25, 0.3) is 0 Å². The Morgan fingerprint density at radius 3 is 2.21 bits per heavy atom. The summed E-state index contributed by atoms with van der Waals surface area (Å²) in [5, 5.41) is 2.92. The van der Waals surface area contributed by atoms with Gasteiger partial charge in [0.05, 0.1) is 11.9 Å². The van der Waals surface area contributed by atoms with E-state index in [-0.39, 0.29) is 17.9 Å². The number of carbonyl (C=O) groups excluding carboxylic acids is 1. The van der Waals surface area contributed by atoms with E-state index in [9.17, 15) is 13.2 Å². The fourth-order valence-corrected chi connectivity index (χ4v) is 8.38. The van der Waals surface area contributed by atoms with Gasteiger partial charge in [0.15, 0.2) is 0 Å². The highest BCUT2D eigenvalue weighted by Gasteiger charge is 2.51. The van der Waals surface area contributed by atoms with Gasteiger partial charge in [0, 0.05) is 6.54 Å². The second-order valence-corrected chi connectivity index (χ2v) is 13.1. The fourth-order valence-electron chi connectivity index (χ4n) is 7.53. The summed E-state index contributed by atoms with van der Waals surface area (Å²) in [6.45, 7) is 0.391. The number of nitrogens with zero attached hydrogens (tertiary/aromatic N) is 1. The summed E-state index contributed by atoms with van der Waals surface area (Å²) in [5.74, 6) is 2.37. The number of allylic oxidation sites excluding steroid dienone is 1. The molecule has 1 aromatic carbocycles. The molecule has 180 valence electrons. The quantitative estimate of drug-likeness (QED) is 0.548. The van der Waals surface area contributed by atoms with Gasteiger partial charge in [-0.05, 0) is 111 Å². The molecule has 4 bridgehead atoms. The first-order valence-corrected chi connectivity index (χ1v) is 14.7. The lowest BCUT2D eigenvalue weighted by Crippen LogP contribution is -2.48. The zero-order chi connectivity index (χ0) is 23.1. The van der Waals surface area contributed by atoms with Crippen molar-refractivity contribution in [3.8, 4) is 0 Å². The Hall–Kier alpha value is -1.82. The van der Waals surface area contributed by atoms with Crippen molar-refractivity contribution in [2.24, 2.45) is 17.8 Å². The second-order valence-electron chi connectivity index (χ2n) is 11.2. The fraction of sp³-hybridized carbons (Fsp3) is 0.667. The van der Waals surface area contributed by atoms with Crippen LogP contribution in [0.4, 0.5) is 5.69 Å². The zero-order valence-corrected chi connectivity index (χ0v) is 20.7. The minimum Gasteiger partial charge on any atom is -0.354 e. The molecule has 1 amide bonds. The summed E-state index contributed by atoms with van der Waals surface area (Å²) in [6, 6.07) is 8.09. The molecule has 5 aliphatic carbocycles. The lowest BCUT2D eigenvalue weighted by molar-refractivity contribution is -0.119. The van der Waals surface area contributed by atoms with Gasteiger partial charge in [0.2, 0.25) is 15.9 Å². The van der Waals surface area contributed by atoms with Crippen LogP contribution < -0.4 is 9.62 Å². The Kier molecular flexibility index (Phi) is 6.32. The van der Waals surface area contributed by atoms with E-state index in [1.165, 1.54) is 73.1 Å². The molecule has 0 aliphatic heterocycles. The number of carbonyl (C=O) groups is 1. The van der Waals surface area contributed by atoms with E-state index in [0.29, 0.717) is 12.2 Å². The second kappa shape index (κ2) is 9.09. The zero-order valence-electron chi connectivity index (χ0n) is 19.9. The third-order valence-electron chi connectivity index (χ3n) is 8.65. The van der Waals surface area contributed by atoms with E-state index in [1.807, 2.05) is 12.1 Å². The number of hydrogen-bond acceptors (Lipinski definition) is 3. The van der Waals surface area contributed by atoms with Crippen LogP contribution in [-0.4, -0.2) is 33.7 Å². The smallest absolute Gasteiger partial charge is 0.240 e. The molecule has 0 heterocycles. The molecule has 0 spiro atoms. The number of anilines is 1. The lowest BCUT2D eigenvalue weighted by atomic mass is 9.48. The van der Waals surface area contributed by atoms with Crippen LogP contribution in [-0.2, 0) is 20.2 Å². The number of amides is 1. The predicted molar refractivity (Wildman–Crippen MR) is 133 cm³/mol. The number of nitrogens with one attached hydrogen (secondary N) is 1. The predicted octanol–water partition coefficient (Wildman–Crippen LogP) is 4.93. The minimum atomic E-state index is -3.56. The molecule has 0 aromatic heterocycles. The van der Waals surface area contributed by atoms with Crippen molar-refractivity contribution >= 4 is 21.6 Å². The van der Waals surface area contributed by atoms with Crippen molar-refractivity contribution in [3.05, 3.63) is 41.5 Å². The van der Waals surface area contributed by atoms with E-state index in [4.69, 9.17) is 0 Å². The van der Waals surface area contributed by atoms with Crippen LogP contribution in [0.5, 0.6) is 0 Å². The van der Waals surface area contributed by atoms with Crippen LogP contribution in [0.15, 0.2) is 35.9 Å². The number of hydrogen-bond donors (Lipinski definition) is 1. The summed E-state index contributed by atoms with van der Waals surface area (Å²) in [5.41, 5.74) is 3.64. The summed E-state index contributed by atoms with van der Waals surface area (Å²) < 4.78 is 26.3. The van der Waals surface area contributed by atoms with Gasteiger partial charge in [-0.15, -0.1) is 0 Å².